The molecule has 0 fully saturated rings. The van der Waals surface area contributed by atoms with Crippen molar-refractivity contribution >= 4 is 41.3 Å². The number of nitrogens with zero attached hydrogens (tertiary/aromatic N) is 1. The van der Waals surface area contributed by atoms with Crippen molar-refractivity contribution in [2.24, 2.45) is 4.99 Å². The van der Waals surface area contributed by atoms with Crippen molar-refractivity contribution in [3.05, 3.63) is 46.2 Å². The highest BCUT2D eigenvalue weighted by Crippen LogP contribution is 2.26. The van der Waals surface area contributed by atoms with E-state index in [-0.39, 0.29) is 30.1 Å². The molecule has 0 spiro atoms. The molecule has 1 aromatic carbocycles. The van der Waals surface area contributed by atoms with Crippen LogP contribution >= 0.6 is 35.3 Å². The van der Waals surface area contributed by atoms with Crippen LogP contribution in [0.15, 0.2) is 41.4 Å². The second kappa shape index (κ2) is 12.0. The molecule has 7 heteroatoms. The third-order valence-electron chi connectivity index (χ3n) is 3.67. The van der Waals surface area contributed by atoms with Crippen LogP contribution in [0.4, 0.5) is 0 Å². The molecule has 0 radical (unpaired) electrons. The number of benzene rings is 1. The van der Waals surface area contributed by atoms with Crippen LogP contribution in [0.2, 0.25) is 0 Å². The Balaban J connectivity index is 0.00000338. The normalized spacial score (nSPS) is 12.1. The van der Waals surface area contributed by atoms with Crippen molar-refractivity contribution in [3.8, 4) is 11.5 Å². The first kappa shape index (κ1) is 22.6. The molecule has 2 N–H and O–H groups in total. The van der Waals surface area contributed by atoms with Gasteiger partial charge in [-0.15, -0.1) is 35.3 Å². The summed E-state index contributed by atoms with van der Waals surface area (Å²) >= 11 is 1.83. The van der Waals surface area contributed by atoms with E-state index in [1.54, 1.807) is 14.2 Å². The first-order valence-corrected chi connectivity index (χ1v) is 9.29. The molecule has 1 heterocycles. The maximum absolute atomic E-state index is 5.94. The standard InChI is InChI=1S/C19H27N3O2S.HI/c1-5-15-10-11-16(25-15)13-22-19(20-3)21-12-14(2)24-18-9-7-6-8-17(18)23-4;/h6-11,14H,5,12-13H2,1-4H3,(H2,20,21,22);1H. The first-order chi connectivity index (χ1) is 12.2. The molecule has 0 saturated carbocycles. The van der Waals surface area contributed by atoms with Crippen LogP contribution in [0.3, 0.4) is 0 Å². The first-order valence-electron chi connectivity index (χ1n) is 8.48. The number of ether oxygens (including phenoxy) is 2. The SMILES string of the molecule is CCc1ccc(CNC(=NC)NCC(C)Oc2ccccc2OC)s1.I. The summed E-state index contributed by atoms with van der Waals surface area (Å²) in [4.78, 5) is 6.97. The van der Waals surface area contributed by atoms with E-state index < -0.39 is 0 Å². The van der Waals surface area contributed by atoms with Crippen molar-refractivity contribution in [1.82, 2.24) is 10.6 Å². The van der Waals surface area contributed by atoms with E-state index in [0.29, 0.717) is 6.54 Å². The zero-order chi connectivity index (χ0) is 18.1. The summed E-state index contributed by atoms with van der Waals surface area (Å²) in [6.07, 6.45) is 1.05. The number of hydrogen-bond acceptors (Lipinski definition) is 4. The molecule has 1 unspecified atom stereocenters. The van der Waals surface area contributed by atoms with Crippen LogP contribution in [0.5, 0.6) is 11.5 Å². The number of aryl methyl sites for hydroxylation is 1. The van der Waals surface area contributed by atoms with E-state index in [4.69, 9.17) is 9.47 Å². The van der Waals surface area contributed by atoms with Gasteiger partial charge >= 0.3 is 0 Å². The van der Waals surface area contributed by atoms with Gasteiger partial charge < -0.3 is 20.1 Å². The summed E-state index contributed by atoms with van der Waals surface area (Å²) in [5.74, 6) is 2.25. The highest BCUT2D eigenvalue weighted by Gasteiger charge is 2.09. The van der Waals surface area contributed by atoms with E-state index in [0.717, 1.165) is 30.4 Å². The van der Waals surface area contributed by atoms with Gasteiger partial charge in [-0.2, -0.15) is 0 Å². The summed E-state index contributed by atoms with van der Waals surface area (Å²) < 4.78 is 11.3. The molecule has 0 aliphatic carbocycles. The molecule has 0 bridgehead atoms. The average molecular weight is 489 g/mol. The predicted molar refractivity (Wildman–Crippen MR) is 120 cm³/mol. The lowest BCUT2D eigenvalue weighted by Crippen LogP contribution is -2.41. The molecule has 0 amide bonds. The lowest BCUT2D eigenvalue weighted by Gasteiger charge is -2.18. The molecule has 1 aromatic heterocycles. The molecule has 0 aliphatic rings. The fraction of sp³-hybridized carbons (Fsp3) is 0.421. The van der Waals surface area contributed by atoms with Crippen LogP contribution in [0, 0.1) is 0 Å². The second-order valence-corrected chi connectivity index (χ2v) is 6.86. The zero-order valence-corrected chi connectivity index (χ0v) is 18.9. The quantitative estimate of drug-likeness (QED) is 0.334. The molecule has 2 rings (SSSR count). The molecule has 26 heavy (non-hydrogen) atoms. The average Bonchev–Trinajstić information content (AvgIpc) is 3.10. The zero-order valence-electron chi connectivity index (χ0n) is 15.7. The van der Waals surface area contributed by atoms with E-state index in [2.05, 4.69) is 34.7 Å². The van der Waals surface area contributed by atoms with Crippen LogP contribution in [0.1, 0.15) is 23.6 Å². The van der Waals surface area contributed by atoms with Gasteiger partial charge in [0.15, 0.2) is 17.5 Å². The minimum absolute atomic E-state index is 0. The number of hydrogen-bond donors (Lipinski definition) is 2. The van der Waals surface area contributed by atoms with Crippen molar-refractivity contribution in [2.75, 3.05) is 20.7 Å². The number of guanidine groups is 1. The van der Waals surface area contributed by atoms with Gasteiger partial charge in [-0.1, -0.05) is 19.1 Å². The maximum Gasteiger partial charge on any atom is 0.191 e. The van der Waals surface area contributed by atoms with Gasteiger partial charge in [0.05, 0.1) is 20.2 Å². The minimum atomic E-state index is -0.0247. The number of nitrogens with one attached hydrogen (secondary N) is 2. The summed E-state index contributed by atoms with van der Waals surface area (Å²) in [5, 5.41) is 6.63. The van der Waals surface area contributed by atoms with E-state index in [9.17, 15) is 0 Å². The van der Waals surface area contributed by atoms with Crippen LogP contribution in [0.25, 0.3) is 0 Å². The van der Waals surface area contributed by atoms with Gasteiger partial charge in [-0.05, 0) is 37.6 Å². The van der Waals surface area contributed by atoms with Crippen LogP contribution in [-0.2, 0) is 13.0 Å². The van der Waals surface area contributed by atoms with Gasteiger partial charge in [0.25, 0.3) is 0 Å². The molecule has 5 nitrogen and oxygen atoms in total. The Morgan fingerprint density at radius 2 is 1.81 bits per heavy atom. The van der Waals surface area contributed by atoms with Crippen molar-refractivity contribution in [1.29, 1.82) is 0 Å². The molecule has 0 saturated heterocycles. The van der Waals surface area contributed by atoms with Crippen molar-refractivity contribution in [2.45, 2.75) is 32.9 Å². The largest absolute Gasteiger partial charge is 0.493 e. The lowest BCUT2D eigenvalue weighted by atomic mass is 10.3. The van der Waals surface area contributed by atoms with Gasteiger partial charge in [0.2, 0.25) is 0 Å². The molecular weight excluding hydrogens is 461 g/mol. The summed E-state index contributed by atoms with van der Waals surface area (Å²) in [6, 6.07) is 12.0. The minimum Gasteiger partial charge on any atom is -0.493 e. The number of methoxy groups -OCH3 is 1. The topological polar surface area (TPSA) is 54.9 Å². The third-order valence-corrected chi connectivity index (χ3v) is 4.90. The maximum atomic E-state index is 5.94. The Hall–Kier alpha value is -1.48. The number of halogens is 1. The fourth-order valence-corrected chi connectivity index (χ4v) is 3.21. The Labute approximate surface area is 177 Å². The Morgan fingerprint density at radius 3 is 2.42 bits per heavy atom. The lowest BCUT2D eigenvalue weighted by molar-refractivity contribution is 0.213. The summed E-state index contributed by atoms with van der Waals surface area (Å²) in [7, 11) is 3.42. The Kier molecular flexibility index (Phi) is 10.4. The predicted octanol–water partition coefficient (Wildman–Crippen LogP) is 4.07. The number of rotatable bonds is 8. The third kappa shape index (κ3) is 7.03. The van der Waals surface area contributed by atoms with Gasteiger partial charge in [-0.25, -0.2) is 0 Å². The van der Waals surface area contributed by atoms with E-state index >= 15 is 0 Å². The van der Waals surface area contributed by atoms with Gasteiger partial charge in [-0.3, -0.25) is 4.99 Å². The highest BCUT2D eigenvalue weighted by molar-refractivity contribution is 14.0. The van der Waals surface area contributed by atoms with Crippen LogP contribution < -0.4 is 20.1 Å². The molecule has 2 aromatic rings. The smallest absolute Gasteiger partial charge is 0.191 e. The fourth-order valence-electron chi connectivity index (χ4n) is 2.31. The van der Waals surface area contributed by atoms with Crippen molar-refractivity contribution < 1.29 is 9.47 Å². The molecule has 144 valence electrons. The second-order valence-electron chi connectivity index (χ2n) is 5.61. The Bertz CT molecular complexity index is 691. The molecule has 0 aliphatic heterocycles. The van der Waals surface area contributed by atoms with Crippen LogP contribution in [-0.4, -0.2) is 32.8 Å². The van der Waals surface area contributed by atoms with E-state index in [1.807, 2.05) is 42.5 Å². The number of thiophene rings is 1. The highest BCUT2D eigenvalue weighted by atomic mass is 127. The van der Waals surface area contributed by atoms with Gasteiger partial charge in [0, 0.05) is 16.8 Å². The molecular formula is C19H28IN3O2S. The summed E-state index contributed by atoms with van der Waals surface area (Å²) in [6.45, 7) is 5.60. The monoisotopic (exact) mass is 489 g/mol. The number of para-hydroxylation sites is 2. The van der Waals surface area contributed by atoms with Gasteiger partial charge in [0.1, 0.15) is 6.10 Å². The Morgan fingerprint density at radius 1 is 1.12 bits per heavy atom. The number of aliphatic imine (C=N–C) groups is 1. The summed E-state index contributed by atoms with van der Waals surface area (Å²) in [5.41, 5.74) is 0. The van der Waals surface area contributed by atoms with Crippen molar-refractivity contribution in [3.63, 3.8) is 0 Å². The van der Waals surface area contributed by atoms with E-state index in [1.165, 1.54) is 9.75 Å². The molecule has 1 atom stereocenters.